The van der Waals surface area contributed by atoms with Crippen molar-refractivity contribution in [2.75, 3.05) is 0 Å². The standard InChI is InChI=1S/C12H6Br6O3/c13-10(14)7(19)4-2-1-3-5(8(20)11(15)16)6(4)9(21)12(17)18/h1-3,10-12H. The van der Waals surface area contributed by atoms with E-state index in [1.54, 1.807) is 6.07 Å². The van der Waals surface area contributed by atoms with Crippen molar-refractivity contribution in [3.63, 3.8) is 0 Å². The van der Waals surface area contributed by atoms with Crippen LogP contribution < -0.4 is 0 Å². The van der Waals surface area contributed by atoms with Gasteiger partial charge in [0.1, 0.15) is 11.2 Å². The van der Waals surface area contributed by atoms with Crippen molar-refractivity contribution in [3.05, 3.63) is 34.9 Å². The van der Waals surface area contributed by atoms with Crippen LogP contribution in [0.1, 0.15) is 31.1 Å². The number of alkyl halides is 6. The van der Waals surface area contributed by atoms with Crippen LogP contribution in [-0.4, -0.2) is 28.6 Å². The van der Waals surface area contributed by atoms with Gasteiger partial charge < -0.3 is 0 Å². The van der Waals surface area contributed by atoms with Crippen molar-refractivity contribution < 1.29 is 14.4 Å². The summed E-state index contributed by atoms with van der Waals surface area (Å²) < 4.78 is -1.98. The Morgan fingerprint density at radius 3 is 1.29 bits per heavy atom. The average molecular weight is 678 g/mol. The molecule has 1 rings (SSSR count). The highest BCUT2D eigenvalue weighted by Crippen LogP contribution is 2.28. The highest BCUT2D eigenvalue weighted by Gasteiger charge is 2.29. The van der Waals surface area contributed by atoms with Gasteiger partial charge >= 0.3 is 0 Å². The first-order valence-corrected chi connectivity index (χ1v) is 10.8. The van der Waals surface area contributed by atoms with Crippen molar-refractivity contribution >= 4 is 113 Å². The molecule has 0 saturated heterocycles. The molecular formula is C12H6Br6O3. The molecule has 1 aromatic carbocycles. The molecule has 0 bridgehead atoms. The van der Waals surface area contributed by atoms with Crippen LogP contribution in [0.4, 0.5) is 0 Å². The van der Waals surface area contributed by atoms with Crippen molar-refractivity contribution in [1.82, 2.24) is 0 Å². The normalized spacial score (nSPS) is 11.3. The molecule has 0 fully saturated rings. The Kier molecular flexibility index (Phi) is 8.47. The van der Waals surface area contributed by atoms with E-state index in [1.165, 1.54) is 12.1 Å². The van der Waals surface area contributed by atoms with Gasteiger partial charge in [-0.25, -0.2) is 0 Å². The quantitative estimate of drug-likeness (QED) is 0.292. The molecule has 3 nitrogen and oxygen atoms in total. The molecule has 0 aliphatic carbocycles. The van der Waals surface area contributed by atoms with E-state index in [1.807, 2.05) is 0 Å². The molecule has 0 unspecified atom stereocenters. The summed E-state index contributed by atoms with van der Waals surface area (Å²) in [7, 11) is 0. The summed E-state index contributed by atoms with van der Waals surface area (Å²) in [6, 6.07) is 4.60. The second kappa shape index (κ2) is 8.82. The highest BCUT2D eigenvalue weighted by molar-refractivity contribution is 9.25. The average Bonchev–Trinajstić information content (AvgIpc) is 2.43. The molecule has 0 spiro atoms. The molecule has 0 aromatic heterocycles. The molecule has 0 aliphatic rings. The van der Waals surface area contributed by atoms with Gasteiger partial charge in [-0.05, 0) is 0 Å². The van der Waals surface area contributed by atoms with Gasteiger partial charge in [0.2, 0.25) is 0 Å². The molecule has 0 saturated carbocycles. The number of benzene rings is 1. The monoisotopic (exact) mass is 672 g/mol. The summed E-state index contributed by atoms with van der Waals surface area (Å²) in [5.74, 6) is -1.08. The number of halogens is 6. The van der Waals surface area contributed by atoms with E-state index in [0.717, 1.165) is 0 Å². The summed E-state index contributed by atoms with van der Waals surface area (Å²) in [6.07, 6.45) is 0. The molecule has 0 atom stereocenters. The van der Waals surface area contributed by atoms with E-state index in [0.29, 0.717) is 0 Å². The predicted molar refractivity (Wildman–Crippen MR) is 104 cm³/mol. The molecule has 114 valence electrons. The summed E-state index contributed by atoms with van der Waals surface area (Å²) >= 11 is 18.7. The lowest BCUT2D eigenvalue weighted by Crippen LogP contribution is -2.22. The zero-order valence-electron chi connectivity index (χ0n) is 9.96. The van der Waals surface area contributed by atoms with Crippen LogP contribution in [0.5, 0.6) is 0 Å². The second-order valence-corrected chi connectivity index (χ2v) is 12.9. The van der Waals surface area contributed by atoms with Gasteiger partial charge in [0.25, 0.3) is 0 Å². The fourth-order valence-corrected chi connectivity index (χ4v) is 3.02. The van der Waals surface area contributed by atoms with Crippen LogP contribution in [0, 0.1) is 0 Å². The molecule has 9 heteroatoms. The smallest absolute Gasteiger partial charge is 0.188 e. The Bertz CT molecular complexity index is 544. The highest BCUT2D eigenvalue weighted by atomic mass is 79.9. The summed E-state index contributed by atoms with van der Waals surface area (Å²) in [5.41, 5.74) is 0.433. The van der Waals surface area contributed by atoms with Crippen LogP contribution in [-0.2, 0) is 0 Å². The minimum atomic E-state index is -0.696. The maximum absolute atomic E-state index is 12.4. The molecular weight excluding hydrogens is 672 g/mol. The maximum Gasteiger partial charge on any atom is 0.188 e. The molecule has 0 N–H and O–H groups in total. The Morgan fingerprint density at radius 2 is 1.00 bits per heavy atom. The first-order chi connectivity index (χ1) is 9.68. The van der Waals surface area contributed by atoms with Gasteiger partial charge in [0, 0.05) is 16.7 Å². The Balaban J connectivity index is 3.60. The molecule has 0 amide bonds. The SMILES string of the molecule is O=C(c1cccc(C(=O)C(Br)Br)c1C(=O)C(Br)Br)C(Br)Br. The van der Waals surface area contributed by atoms with E-state index in [9.17, 15) is 14.4 Å². The predicted octanol–water partition coefficient (Wildman–Crippen LogP) is 5.58. The zero-order chi connectivity index (χ0) is 16.3. The van der Waals surface area contributed by atoms with E-state index < -0.39 is 17.0 Å². The number of hydrogen-bond donors (Lipinski definition) is 0. The number of rotatable bonds is 6. The van der Waals surface area contributed by atoms with Crippen molar-refractivity contribution in [3.8, 4) is 0 Å². The summed E-state index contributed by atoms with van der Waals surface area (Å²) in [5, 5.41) is 0. The van der Waals surface area contributed by atoms with E-state index in [-0.39, 0.29) is 28.3 Å². The summed E-state index contributed by atoms with van der Waals surface area (Å²) in [4.78, 5) is 36.8. The third-order valence-electron chi connectivity index (χ3n) is 2.44. The van der Waals surface area contributed by atoms with Gasteiger partial charge in [-0.15, -0.1) is 0 Å². The number of hydrogen-bond acceptors (Lipinski definition) is 3. The second-order valence-electron chi connectivity index (χ2n) is 3.72. The van der Waals surface area contributed by atoms with Crippen molar-refractivity contribution in [2.24, 2.45) is 0 Å². The number of carbonyl (C=O) groups is 3. The van der Waals surface area contributed by atoms with Gasteiger partial charge in [-0.1, -0.05) is 114 Å². The van der Waals surface area contributed by atoms with Gasteiger partial charge in [-0.2, -0.15) is 0 Å². The molecule has 0 radical (unpaired) electrons. The van der Waals surface area contributed by atoms with Gasteiger partial charge in [0.15, 0.2) is 17.3 Å². The summed E-state index contributed by atoms with van der Waals surface area (Å²) in [6.45, 7) is 0. The molecule has 0 heterocycles. The van der Waals surface area contributed by atoms with Gasteiger partial charge in [0.05, 0.1) is 0 Å². The Labute approximate surface area is 171 Å². The fourth-order valence-electron chi connectivity index (χ4n) is 1.57. The lowest BCUT2D eigenvalue weighted by Gasteiger charge is -2.14. The van der Waals surface area contributed by atoms with Crippen LogP contribution >= 0.6 is 95.6 Å². The Morgan fingerprint density at radius 1 is 0.667 bits per heavy atom. The van der Waals surface area contributed by atoms with E-state index in [4.69, 9.17) is 0 Å². The largest absolute Gasteiger partial charge is 0.292 e. The lowest BCUT2D eigenvalue weighted by atomic mass is 9.94. The minimum Gasteiger partial charge on any atom is -0.292 e. The van der Waals surface area contributed by atoms with Crippen LogP contribution in [0.15, 0.2) is 18.2 Å². The lowest BCUT2D eigenvalue weighted by molar-refractivity contribution is 0.0968. The van der Waals surface area contributed by atoms with Gasteiger partial charge in [-0.3, -0.25) is 14.4 Å². The van der Waals surface area contributed by atoms with Crippen LogP contribution in [0.3, 0.4) is 0 Å². The molecule has 1 aromatic rings. The number of carbonyl (C=O) groups excluding carboxylic acids is 3. The molecule has 21 heavy (non-hydrogen) atoms. The number of ketones is 3. The number of Topliss-reactive ketones (excluding diaryl/α,β-unsaturated/α-hetero) is 3. The van der Waals surface area contributed by atoms with Crippen molar-refractivity contribution in [2.45, 2.75) is 11.2 Å². The maximum atomic E-state index is 12.4. The Hall–Kier alpha value is 1.11. The zero-order valence-corrected chi connectivity index (χ0v) is 19.5. The first-order valence-electron chi connectivity index (χ1n) is 5.28. The third kappa shape index (κ3) is 5.04. The third-order valence-corrected chi connectivity index (χ3v) is 4.93. The minimum absolute atomic E-state index is 0.0825. The topological polar surface area (TPSA) is 51.2 Å². The fraction of sp³-hybridized carbons (Fsp3) is 0.250. The first kappa shape index (κ1) is 20.2. The van der Waals surface area contributed by atoms with Crippen molar-refractivity contribution in [1.29, 1.82) is 0 Å². The molecule has 0 aliphatic heterocycles. The van der Waals surface area contributed by atoms with Crippen LogP contribution in [0.25, 0.3) is 0 Å². The van der Waals surface area contributed by atoms with E-state index in [2.05, 4.69) is 95.6 Å². The van der Waals surface area contributed by atoms with Crippen LogP contribution in [0.2, 0.25) is 0 Å². The van der Waals surface area contributed by atoms with E-state index >= 15 is 0 Å².